The molecule has 0 N–H and O–H groups in total. The fraction of sp³-hybridized carbons (Fsp3) is 0.500. The first kappa shape index (κ1) is 15.8. The lowest BCUT2D eigenvalue weighted by Crippen LogP contribution is -2.45. The Balaban J connectivity index is 1.62. The zero-order valence-corrected chi connectivity index (χ0v) is 13.5. The summed E-state index contributed by atoms with van der Waals surface area (Å²) in [6.45, 7) is -0.112. The summed E-state index contributed by atoms with van der Waals surface area (Å²) in [5, 5.41) is 8.75. The monoisotopic (exact) mass is 334 g/mol. The molecule has 6 nitrogen and oxygen atoms in total. The molecule has 0 bridgehead atoms. The molecule has 1 heterocycles. The topological polar surface area (TPSA) is 87.5 Å². The van der Waals surface area contributed by atoms with Gasteiger partial charge in [-0.25, -0.2) is 8.42 Å². The number of carbonyl (C=O) groups excluding carboxylic acids is 1. The van der Waals surface area contributed by atoms with Crippen molar-refractivity contribution in [1.29, 1.82) is 5.26 Å². The van der Waals surface area contributed by atoms with E-state index in [1.165, 1.54) is 0 Å². The molecule has 0 spiro atoms. The van der Waals surface area contributed by atoms with Gasteiger partial charge in [-0.1, -0.05) is 0 Å². The maximum absolute atomic E-state index is 12.5. The molecule has 1 saturated heterocycles. The van der Waals surface area contributed by atoms with Gasteiger partial charge in [-0.2, -0.15) is 5.26 Å². The molecular formula is C16H18N2O4S. The Morgan fingerprint density at radius 2 is 1.91 bits per heavy atom. The molecule has 1 amide bonds. The van der Waals surface area contributed by atoms with Crippen molar-refractivity contribution in [3.63, 3.8) is 0 Å². The number of hydrogen-bond donors (Lipinski definition) is 0. The summed E-state index contributed by atoms with van der Waals surface area (Å²) >= 11 is 0. The van der Waals surface area contributed by atoms with Crippen LogP contribution in [0.15, 0.2) is 24.3 Å². The van der Waals surface area contributed by atoms with Crippen LogP contribution >= 0.6 is 0 Å². The minimum absolute atomic E-state index is 0.0616. The highest BCUT2D eigenvalue weighted by Crippen LogP contribution is 2.32. The molecule has 0 aromatic heterocycles. The van der Waals surface area contributed by atoms with E-state index in [0.717, 1.165) is 12.8 Å². The third-order valence-electron chi connectivity index (χ3n) is 4.18. The van der Waals surface area contributed by atoms with Gasteiger partial charge in [0.05, 0.1) is 23.1 Å². The van der Waals surface area contributed by atoms with Crippen molar-refractivity contribution in [3.8, 4) is 11.8 Å². The van der Waals surface area contributed by atoms with Crippen molar-refractivity contribution >= 4 is 15.7 Å². The normalized spacial score (nSPS) is 22.3. The highest BCUT2D eigenvalue weighted by Gasteiger charge is 2.42. The van der Waals surface area contributed by atoms with E-state index in [0.29, 0.717) is 17.7 Å². The lowest BCUT2D eigenvalue weighted by molar-refractivity contribution is -0.135. The zero-order chi connectivity index (χ0) is 16.4. The average molecular weight is 334 g/mol. The Morgan fingerprint density at radius 3 is 2.43 bits per heavy atom. The Labute approximate surface area is 135 Å². The van der Waals surface area contributed by atoms with Gasteiger partial charge in [-0.05, 0) is 43.5 Å². The van der Waals surface area contributed by atoms with Crippen LogP contribution in [0.1, 0.15) is 24.8 Å². The smallest absolute Gasteiger partial charge is 0.261 e. The van der Waals surface area contributed by atoms with Crippen LogP contribution in [0.3, 0.4) is 0 Å². The number of amides is 1. The van der Waals surface area contributed by atoms with Crippen LogP contribution in [0.2, 0.25) is 0 Å². The second-order valence-electron chi connectivity index (χ2n) is 6.01. The van der Waals surface area contributed by atoms with E-state index in [2.05, 4.69) is 0 Å². The maximum Gasteiger partial charge on any atom is 0.261 e. The van der Waals surface area contributed by atoms with E-state index in [1.54, 1.807) is 29.2 Å². The van der Waals surface area contributed by atoms with E-state index >= 15 is 0 Å². The summed E-state index contributed by atoms with van der Waals surface area (Å²) in [7, 11) is -3.02. The first-order valence-electron chi connectivity index (χ1n) is 7.63. The highest BCUT2D eigenvalue weighted by atomic mass is 32.2. The predicted octanol–water partition coefficient (Wildman–Crippen LogP) is 1.12. The second kappa shape index (κ2) is 6.20. The van der Waals surface area contributed by atoms with Crippen LogP contribution in [0.4, 0.5) is 0 Å². The van der Waals surface area contributed by atoms with Crippen molar-refractivity contribution in [2.75, 3.05) is 18.1 Å². The molecule has 2 aliphatic rings. The molecule has 1 saturated carbocycles. The standard InChI is InChI=1S/C16H18N2O4S/c17-9-12-1-5-15(6-2-12)22-10-16(19)18(13-3-4-13)14-7-8-23(20,21)11-14/h1-2,5-6,13-14H,3-4,7-8,10-11H2/t14-/m1/s1. The molecule has 7 heteroatoms. The molecule has 23 heavy (non-hydrogen) atoms. The number of carbonyl (C=O) groups is 1. The van der Waals surface area contributed by atoms with Gasteiger partial charge >= 0.3 is 0 Å². The summed E-state index contributed by atoms with van der Waals surface area (Å²) in [5.41, 5.74) is 0.527. The maximum atomic E-state index is 12.5. The lowest BCUT2D eigenvalue weighted by atomic mass is 10.2. The average Bonchev–Trinajstić information content (AvgIpc) is 3.29. The Morgan fingerprint density at radius 1 is 1.22 bits per heavy atom. The number of rotatable bonds is 5. The van der Waals surface area contributed by atoms with Gasteiger partial charge in [0.15, 0.2) is 16.4 Å². The van der Waals surface area contributed by atoms with E-state index in [9.17, 15) is 13.2 Å². The molecule has 1 aromatic rings. The highest BCUT2D eigenvalue weighted by molar-refractivity contribution is 7.91. The van der Waals surface area contributed by atoms with Crippen LogP contribution in [-0.4, -0.2) is 49.4 Å². The molecule has 1 atom stereocenters. The second-order valence-corrected chi connectivity index (χ2v) is 8.24. The summed E-state index contributed by atoms with van der Waals surface area (Å²) in [5.74, 6) is 0.572. The van der Waals surface area contributed by atoms with Gasteiger partial charge in [0, 0.05) is 12.1 Å². The summed E-state index contributed by atoms with van der Waals surface area (Å²) in [4.78, 5) is 14.2. The fourth-order valence-corrected chi connectivity index (χ4v) is 4.61. The third-order valence-corrected chi connectivity index (χ3v) is 5.93. The minimum Gasteiger partial charge on any atom is -0.484 e. The van der Waals surface area contributed by atoms with Gasteiger partial charge in [0.25, 0.3) is 5.91 Å². The van der Waals surface area contributed by atoms with Crippen LogP contribution in [0, 0.1) is 11.3 Å². The SMILES string of the molecule is N#Cc1ccc(OCC(=O)N(C2CC2)[C@@H]2CCS(=O)(=O)C2)cc1. The van der Waals surface area contributed by atoms with Crippen LogP contribution < -0.4 is 4.74 Å². The number of hydrogen-bond acceptors (Lipinski definition) is 5. The molecule has 3 rings (SSSR count). The van der Waals surface area contributed by atoms with Crippen molar-refractivity contribution in [2.45, 2.75) is 31.3 Å². The minimum atomic E-state index is -3.02. The molecule has 1 aliphatic carbocycles. The van der Waals surface area contributed by atoms with Crippen molar-refractivity contribution in [1.82, 2.24) is 4.90 Å². The molecule has 0 radical (unpaired) electrons. The van der Waals surface area contributed by atoms with Gasteiger partial charge in [-0.3, -0.25) is 4.79 Å². The van der Waals surface area contributed by atoms with Crippen LogP contribution in [0.5, 0.6) is 5.75 Å². The lowest BCUT2D eigenvalue weighted by Gasteiger charge is -2.28. The van der Waals surface area contributed by atoms with E-state index in [1.807, 2.05) is 6.07 Å². The Kier molecular flexibility index (Phi) is 4.26. The molecule has 122 valence electrons. The largest absolute Gasteiger partial charge is 0.484 e. The first-order valence-corrected chi connectivity index (χ1v) is 9.45. The Bertz CT molecular complexity index is 732. The van der Waals surface area contributed by atoms with Crippen LogP contribution in [0.25, 0.3) is 0 Å². The number of nitriles is 1. The van der Waals surface area contributed by atoms with E-state index in [4.69, 9.17) is 10.00 Å². The first-order chi connectivity index (χ1) is 11.0. The van der Waals surface area contributed by atoms with E-state index < -0.39 is 9.84 Å². The molecule has 1 aromatic carbocycles. The summed E-state index contributed by atoms with van der Waals surface area (Å²) in [6, 6.07) is 8.50. The third kappa shape index (κ3) is 3.82. The van der Waals surface area contributed by atoms with Gasteiger partial charge in [-0.15, -0.1) is 0 Å². The van der Waals surface area contributed by atoms with Crippen LogP contribution in [-0.2, 0) is 14.6 Å². The Hall–Kier alpha value is -2.07. The number of nitrogens with zero attached hydrogens (tertiary/aromatic N) is 2. The molecule has 2 fully saturated rings. The molecule has 0 unspecified atom stereocenters. The van der Waals surface area contributed by atoms with Crippen molar-refractivity contribution in [2.24, 2.45) is 0 Å². The summed E-state index contributed by atoms with van der Waals surface area (Å²) < 4.78 is 28.8. The van der Waals surface area contributed by atoms with E-state index in [-0.39, 0.29) is 36.1 Å². The van der Waals surface area contributed by atoms with Gasteiger partial charge < -0.3 is 9.64 Å². The van der Waals surface area contributed by atoms with Gasteiger partial charge in [0.1, 0.15) is 5.75 Å². The molecular weight excluding hydrogens is 316 g/mol. The van der Waals surface area contributed by atoms with Gasteiger partial charge in [0.2, 0.25) is 0 Å². The number of ether oxygens (including phenoxy) is 1. The zero-order valence-electron chi connectivity index (χ0n) is 12.6. The summed E-state index contributed by atoms with van der Waals surface area (Å²) in [6.07, 6.45) is 2.37. The quantitative estimate of drug-likeness (QED) is 0.805. The van der Waals surface area contributed by atoms with Crippen molar-refractivity contribution in [3.05, 3.63) is 29.8 Å². The number of benzene rings is 1. The predicted molar refractivity (Wildman–Crippen MR) is 83.6 cm³/mol. The fourth-order valence-electron chi connectivity index (χ4n) is 2.90. The van der Waals surface area contributed by atoms with Crippen molar-refractivity contribution < 1.29 is 17.9 Å². The molecule has 1 aliphatic heterocycles. The number of sulfone groups is 1.